The van der Waals surface area contributed by atoms with Crippen molar-refractivity contribution in [1.82, 2.24) is 0 Å². The van der Waals surface area contributed by atoms with Crippen LogP contribution in [0.2, 0.25) is 0 Å². The molecule has 0 heterocycles. The molecule has 0 aromatic heterocycles. The van der Waals surface area contributed by atoms with Crippen LogP contribution in [0.25, 0.3) is 0 Å². The van der Waals surface area contributed by atoms with Crippen molar-refractivity contribution in [3.05, 3.63) is 60.2 Å². The summed E-state index contributed by atoms with van der Waals surface area (Å²) in [6.07, 6.45) is 0. The van der Waals surface area contributed by atoms with Crippen LogP contribution in [0.3, 0.4) is 0 Å². The first-order valence-corrected chi connectivity index (χ1v) is 6.45. The van der Waals surface area contributed by atoms with Gasteiger partial charge in [0.2, 0.25) is 0 Å². The maximum atomic E-state index is 11.8. The Morgan fingerprint density at radius 1 is 0.889 bits per heavy atom. The van der Waals surface area contributed by atoms with E-state index in [0.29, 0.717) is 11.3 Å². The number of hydrogen-bond donors (Lipinski definition) is 2. The molecule has 0 fully saturated rings. The van der Waals surface area contributed by atoms with Crippen LogP contribution < -0.4 is 5.32 Å². The molecular formula is C13H11NO3S. The Labute approximate surface area is 106 Å². The van der Waals surface area contributed by atoms with Crippen molar-refractivity contribution in [2.24, 2.45) is 0 Å². The minimum atomic E-state index is -2.58. The lowest BCUT2D eigenvalue weighted by Crippen LogP contribution is -2.11. The largest absolute Gasteiger partial charge is 0.322 e. The van der Waals surface area contributed by atoms with E-state index < -0.39 is 10.7 Å². The van der Waals surface area contributed by atoms with E-state index in [1.165, 1.54) is 12.1 Å². The van der Waals surface area contributed by atoms with Crippen molar-refractivity contribution in [2.75, 3.05) is 5.32 Å². The molecule has 1 N–H and O–H groups in total. The van der Waals surface area contributed by atoms with Crippen LogP contribution >= 0.6 is 0 Å². The molecule has 2 rings (SSSR count). The summed E-state index contributed by atoms with van der Waals surface area (Å²) < 4.78 is 21.4. The summed E-state index contributed by atoms with van der Waals surface area (Å²) in [4.78, 5) is 12.0. The molecule has 1 amide bonds. The maximum absolute atomic E-state index is 11.8. The van der Waals surface area contributed by atoms with Gasteiger partial charge in [0, 0.05) is 11.3 Å². The molecule has 0 aliphatic carbocycles. The first kappa shape index (κ1) is 12.3. The van der Waals surface area contributed by atoms with Crippen molar-refractivity contribution in [1.29, 1.82) is 0 Å². The minimum absolute atomic E-state index is 0.225. The van der Waals surface area contributed by atoms with Gasteiger partial charge in [-0.1, -0.05) is 18.2 Å². The van der Waals surface area contributed by atoms with Gasteiger partial charge in [-0.05, 0) is 36.4 Å². The molecule has 0 spiro atoms. The molecule has 0 atom stereocenters. The van der Waals surface area contributed by atoms with Gasteiger partial charge in [0.1, 0.15) is 0 Å². The number of rotatable bonds is 3. The molecule has 0 aliphatic rings. The third-order valence-electron chi connectivity index (χ3n) is 2.37. The zero-order chi connectivity index (χ0) is 13.0. The van der Waals surface area contributed by atoms with Gasteiger partial charge in [0.25, 0.3) is 5.91 Å². The van der Waals surface area contributed by atoms with Crippen LogP contribution in [0.4, 0.5) is 5.69 Å². The van der Waals surface area contributed by atoms with Crippen LogP contribution in [0.5, 0.6) is 0 Å². The Kier molecular flexibility index (Phi) is 3.74. The first-order valence-electron chi connectivity index (χ1n) is 5.27. The van der Waals surface area contributed by atoms with Crippen LogP contribution in [0.15, 0.2) is 59.5 Å². The molecule has 0 unspecified atom stereocenters. The van der Waals surface area contributed by atoms with E-state index in [2.05, 4.69) is 5.32 Å². The van der Waals surface area contributed by atoms with Crippen molar-refractivity contribution >= 4 is 22.3 Å². The summed E-state index contributed by atoms with van der Waals surface area (Å²) in [7, 11) is -2.58. The third-order valence-corrected chi connectivity index (χ3v) is 3.09. The smallest absolute Gasteiger partial charge is 0.255 e. The highest BCUT2D eigenvalue weighted by Crippen LogP contribution is 2.12. The molecule has 2 aromatic carbocycles. The van der Waals surface area contributed by atoms with Crippen LogP contribution in [0, 0.1) is 0 Å². The van der Waals surface area contributed by atoms with E-state index in [1.807, 2.05) is 6.07 Å². The number of thiol groups is 1. The second kappa shape index (κ2) is 5.46. The Bertz CT molecular complexity index is 610. The van der Waals surface area contributed by atoms with Gasteiger partial charge in [0.15, 0.2) is 10.7 Å². The average molecular weight is 261 g/mol. The van der Waals surface area contributed by atoms with Crippen molar-refractivity contribution in [3.63, 3.8) is 0 Å². The van der Waals surface area contributed by atoms with Gasteiger partial charge < -0.3 is 5.32 Å². The van der Waals surface area contributed by atoms with Gasteiger partial charge in [0.05, 0.1) is 4.90 Å². The van der Waals surface area contributed by atoms with E-state index in [9.17, 15) is 13.2 Å². The average Bonchev–Trinajstić information content (AvgIpc) is 2.40. The molecule has 0 aliphatic heterocycles. The molecule has 0 saturated heterocycles. The highest BCUT2D eigenvalue weighted by atomic mass is 32.2. The lowest BCUT2D eigenvalue weighted by atomic mass is 10.2. The van der Waals surface area contributed by atoms with Crippen molar-refractivity contribution in [3.8, 4) is 0 Å². The Morgan fingerprint density at radius 2 is 1.50 bits per heavy atom. The zero-order valence-electron chi connectivity index (χ0n) is 9.37. The van der Waals surface area contributed by atoms with E-state index in [0.717, 1.165) is 0 Å². The molecule has 2 aromatic rings. The fraction of sp³-hybridized carbons (Fsp3) is 0. The SMILES string of the molecule is O=C(Nc1ccc([SH](=O)=O)cc1)c1ccccc1. The van der Waals surface area contributed by atoms with Gasteiger partial charge in [-0.2, -0.15) is 0 Å². The van der Waals surface area contributed by atoms with Crippen LogP contribution in [-0.2, 0) is 10.7 Å². The summed E-state index contributed by atoms with van der Waals surface area (Å²) in [6.45, 7) is 0. The van der Waals surface area contributed by atoms with E-state index >= 15 is 0 Å². The lowest BCUT2D eigenvalue weighted by molar-refractivity contribution is 0.102. The highest BCUT2D eigenvalue weighted by Gasteiger charge is 2.04. The van der Waals surface area contributed by atoms with Gasteiger partial charge in [-0.25, -0.2) is 8.42 Å². The quantitative estimate of drug-likeness (QED) is 0.830. The molecule has 0 radical (unpaired) electrons. The van der Waals surface area contributed by atoms with Gasteiger partial charge in [-0.3, -0.25) is 4.79 Å². The fourth-order valence-corrected chi connectivity index (χ4v) is 1.85. The predicted octanol–water partition coefficient (Wildman–Crippen LogP) is 1.91. The van der Waals surface area contributed by atoms with Crippen LogP contribution in [-0.4, -0.2) is 14.3 Å². The molecule has 4 nitrogen and oxygen atoms in total. The lowest BCUT2D eigenvalue weighted by Gasteiger charge is -2.04. The number of nitrogens with one attached hydrogen (secondary N) is 1. The third kappa shape index (κ3) is 2.95. The van der Waals surface area contributed by atoms with E-state index in [4.69, 9.17) is 0 Å². The monoisotopic (exact) mass is 261 g/mol. The topological polar surface area (TPSA) is 63.2 Å². The Balaban J connectivity index is 2.13. The van der Waals surface area contributed by atoms with Gasteiger partial charge in [-0.15, -0.1) is 0 Å². The summed E-state index contributed by atoms with van der Waals surface area (Å²) in [5.41, 5.74) is 1.11. The highest BCUT2D eigenvalue weighted by molar-refractivity contribution is 7.72. The molecular weight excluding hydrogens is 250 g/mol. The van der Waals surface area contributed by atoms with Crippen molar-refractivity contribution < 1.29 is 13.2 Å². The second-order valence-corrected chi connectivity index (χ2v) is 4.65. The Hall–Kier alpha value is -2.14. The zero-order valence-corrected chi connectivity index (χ0v) is 10.3. The van der Waals surface area contributed by atoms with E-state index in [1.54, 1.807) is 36.4 Å². The predicted molar refractivity (Wildman–Crippen MR) is 69.4 cm³/mol. The number of carbonyl (C=O) groups is 1. The number of anilines is 1. The normalized spacial score (nSPS) is 10.3. The minimum Gasteiger partial charge on any atom is -0.322 e. The van der Waals surface area contributed by atoms with Crippen LogP contribution in [0.1, 0.15) is 10.4 Å². The summed E-state index contributed by atoms with van der Waals surface area (Å²) in [6, 6.07) is 14.8. The number of hydrogen-bond acceptors (Lipinski definition) is 3. The molecule has 0 saturated carbocycles. The van der Waals surface area contributed by atoms with Crippen molar-refractivity contribution in [2.45, 2.75) is 4.90 Å². The van der Waals surface area contributed by atoms with Gasteiger partial charge >= 0.3 is 0 Å². The summed E-state index contributed by atoms with van der Waals surface area (Å²) >= 11 is 0. The maximum Gasteiger partial charge on any atom is 0.255 e. The first-order chi connectivity index (χ1) is 8.66. The number of benzene rings is 2. The number of amides is 1. The molecule has 5 heteroatoms. The molecule has 92 valence electrons. The summed E-state index contributed by atoms with van der Waals surface area (Å²) in [5, 5.41) is 2.69. The Morgan fingerprint density at radius 3 is 2.06 bits per heavy atom. The fourth-order valence-electron chi connectivity index (χ4n) is 1.46. The van der Waals surface area contributed by atoms with E-state index in [-0.39, 0.29) is 10.8 Å². The molecule has 18 heavy (non-hydrogen) atoms. The number of carbonyl (C=O) groups excluding carboxylic acids is 1. The summed E-state index contributed by atoms with van der Waals surface area (Å²) in [5.74, 6) is -0.227. The molecule has 0 bridgehead atoms. The standard InChI is InChI=1S/C13H11NO3S/c15-13(10-4-2-1-3-5-10)14-11-6-8-12(9-7-11)18(16)17/h1-9,18H,(H,14,15). The second-order valence-electron chi connectivity index (χ2n) is 3.62.